The van der Waals surface area contributed by atoms with Crippen LogP contribution in [-0.2, 0) is 4.74 Å². The molecule has 8 heteroatoms. The average Bonchev–Trinajstić information content (AvgIpc) is 3.34. The summed E-state index contributed by atoms with van der Waals surface area (Å²) in [6.07, 6.45) is 2.58. The van der Waals surface area contributed by atoms with Crippen LogP contribution in [0.1, 0.15) is 30.0 Å². The zero-order valence-electron chi connectivity index (χ0n) is 16.3. The summed E-state index contributed by atoms with van der Waals surface area (Å²) in [6.45, 7) is 1.34. The number of aromatic nitrogens is 1. The maximum Gasteiger partial charge on any atom is 0.170 e. The zero-order valence-corrected chi connectivity index (χ0v) is 18.7. The minimum absolute atomic E-state index is 0.171. The standard InChI is InChI=1S/C22H21BrFN3O2S/c1-28-12-4-11-27-21(20(26-22(27)30)17-5-2-3-10-25-17)19-9-8-18(29-19)15-7-6-14(23)13-16(15)24/h2-3,5-10,13,20-21H,4,11-12H2,1H3,(H,26,30)/t20-,21+/m0/s1. The van der Waals surface area contributed by atoms with Crippen LogP contribution in [0, 0.1) is 5.82 Å². The Balaban J connectivity index is 1.69. The molecule has 0 spiro atoms. The molecule has 0 radical (unpaired) electrons. The molecule has 1 aliphatic heterocycles. The molecule has 1 fully saturated rings. The van der Waals surface area contributed by atoms with Gasteiger partial charge < -0.3 is 19.4 Å². The Kier molecular flexibility index (Phi) is 6.46. The number of hydrogen-bond donors (Lipinski definition) is 1. The monoisotopic (exact) mass is 489 g/mol. The quantitative estimate of drug-likeness (QED) is 0.361. The van der Waals surface area contributed by atoms with Crippen molar-refractivity contribution in [3.05, 3.63) is 76.5 Å². The number of halogens is 2. The van der Waals surface area contributed by atoms with Crippen LogP contribution in [0.15, 0.2) is 63.6 Å². The number of methoxy groups -OCH3 is 1. The van der Waals surface area contributed by atoms with Crippen molar-refractivity contribution in [3.63, 3.8) is 0 Å². The van der Waals surface area contributed by atoms with Gasteiger partial charge in [0.25, 0.3) is 0 Å². The molecule has 0 saturated carbocycles. The number of hydrogen-bond acceptors (Lipinski definition) is 4. The molecule has 0 unspecified atom stereocenters. The van der Waals surface area contributed by atoms with Crippen LogP contribution >= 0.6 is 28.1 Å². The third-order valence-electron chi connectivity index (χ3n) is 5.06. The summed E-state index contributed by atoms with van der Waals surface area (Å²) in [5.74, 6) is 0.834. The summed E-state index contributed by atoms with van der Waals surface area (Å²) in [5, 5.41) is 4.02. The summed E-state index contributed by atoms with van der Waals surface area (Å²) >= 11 is 8.91. The lowest BCUT2D eigenvalue weighted by Crippen LogP contribution is -2.31. The predicted octanol–water partition coefficient (Wildman–Crippen LogP) is 5.25. The Bertz CT molecular complexity index is 1030. The number of furan rings is 1. The lowest BCUT2D eigenvalue weighted by molar-refractivity contribution is 0.177. The Morgan fingerprint density at radius 1 is 1.27 bits per heavy atom. The Hall–Kier alpha value is -2.29. The van der Waals surface area contributed by atoms with Crippen molar-refractivity contribution in [1.29, 1.82) is 0 Å². The molecule has 2 aromatic heterocycles. The molecule has 156 valence electrons. The summed E-state index contributed by atoms with van der Waals surface area (Å²) in [4.78, 5) is 6.60. The van der Waals surface area contributed by atoms with Crippen molar-refractivity contribution in [2.45, 2.75) is 18.5 Å². The van der Waals surface area contributed by atoms with Gasteiger partial charge in [0, 0.05) is 30.9 Å². The fourth-order valence-corrected chi connectivity index (χ4v) is 4.35. The Morgan fingerprint density at radius 2 is 2.13 bits per heavy atom. The van der Waals surface area contributed by atoms with Crippen LogP contribution in [0.25, 0.3) is 11.3 Å². The summed E-state index contributed by atoms with van der Waals surface area (Å²) < 4.78 is 26.5. The van der Waals surface area contributed by atoms with Gasteiger partial charge in [-0.1, -0.05) is 22.0 Å². The van der Waals surface area contributed by atoms with Crippen molar-refractivity contribution in [1.82, 2.24) is 15.2 Å². The molecular weight excluding hydrogens is 469 g/mol. The van der Waals surface area contributed by atoms with Crippen molar-refractivity contribution in [2.75, 3.05) is 20.3 Å². The van der Waals surface area contributed by atoms with Crippen molar-refractivity contribution >= 4 is 33.3 Å². The van der Waals surface area contributed by atoms with Gasteiger partial charge in [-0.3, -0.25) is 4.98 Å². The van der Waals surface area contributed by atoms with E-state index in [1.54, 1.807) is 31.5 Å². The first-order valence-corrected chi connectivity index (χ1v) is 10.8. The first-order valence-electron chi connectivity index (χ1n) is 9.60. The number of thiocarbonyl (C=S) groups is 1. The van der Waals surface area contributed by atoms with Gasteiger partial charge in [0.05, 0.1) is 17.3 Å². The van der Waals surface area contributed by atoms with E-state index in [-0.39, 0.29) is 17.9 Å². The van der Waals surface area contributed by atoms with Gasteiger partial charge in [0.2, 0.25) is 0 Å². The lowest BCUT2D eigenvalue weighted by atomic mass is 10.0. The maximum atomic E-state index is 14.5. The van der Waals surface area contributed by atoms with E-state index < -0.39 is 0 Å². The SMILES string of the molecule is COCCCN1C(=S)N[C@@H](c2ccccn2)[C@H]1c1ccc(-c2ccc(Br)cc2F)o1. The average molecular weight is 490 g/mol. The van der Waals surface area contributed by atoms with Crippen LogP contribution in [0.5, 0.6) is 0 Å². The van der Waals surface area contributed by atoms with Gasteiger partial charge >= 0.3 is 0 Å². The normalized spacial score (nSPS) is 18.6. The van der Waals surface area contributed by atoms with E-state index in [0.29, 0.717) is 39.8 Å². The molecule has 2 atom stereocenters. The largest absolute Gasteiger partial charge is 0.459 e. The molecule has 1 saturated heterocycles. The molecule has 0 bridgehead atoms. The first kappa shape index (κ1) is 21.0. The molecule has 30 heavy (non-hydrogen) atoms. The molecule has 1 aromatic carbocycles. The molecule has 0 amide bonds. The van der Waals surface area contributed by atoms with Gasteiger partial charge in [0.15, 0.2) is 5.11 Å². The molecule has 1 N–H and O–H groups in total. The van der Waals surface area contributed by atoms with E-state index in [2.05, 4.69) is 31.1 Å². The summed E-state index contributed by atoms with van der Waals surface area (Å²) in [6, 6.07) is 14.0. The summed E-state index contributed by atoms with van der Waals surface area (Å²) in [7, 11) is 1.68. The van der Waals surface area contributed by atoms with E-state index in [1.807, 2.05) is 24.3 Å². The minimum atomic E-state index is -0.344. The number of nitrogens with zero attached hydrogens (tertiary/aromatic N) is 2. The molecule has 4 rings (SSSR count). The highest BCUT2D eigenvalue weighted by Crippen LogP contribution is 2.40. The fraction of sp³-hybridized carbons (Fsp3) is 0.273. The van der Waals surface area contributed by atoms with Crippen molar-refractivity contribution in [3.8, 4) is 11.3 Å². The number of ether oxygens (including phenoxy) is 1. The molecular formula is C22H21BrFN3O2S. The highest BCUT2D eigenvalue weighted by molar-refractivity contribution is 9.10. The third-order valence-corrected chi connectivity index (χ3v) is 5.91. The molecule has 5 nitrogen and oxygen atoms in total. The van der Waals surface area contributed by atoms with Crippen LogP contribution < -0.4 is 5.32 Å². The first-order chi connectivity index (χ1) is 14.6. The van der Waals surface area contributed by atoms with Gasteiger partial charge in [-0.2, -0.15) is 0 Å². The topological polar surface area (TPSA) is 50.5 Å². The summed E-state index contributed by atoms with van der Waals surface area (Å²) in [5.41, 5.74) is 1.28. The fourth-order valence-electron chi connectivity index (χ4n) is 3.68. The van der Waals surface area contributed by atoms with E-state index >= 15 is 0 Å². The predicted molar refractivity (Wildman–Crippen MR) is 120 cm³/mol. The number of rotatable bonds is 7. The van der Waals surface area contributed by atoms with Gasteiger partial charge in [-0.15, -0.1) is 0 Å². The van der Waals surface area contributed by atoms with E-state index in [9.17, 15) is 4.39 Å². The number of pyridine rings is 1. The van der Waals surface area contributed by atoms with Crippen molar-refractivity contribution in [2.24, 2.45) is 0 Å². The van der Waals surface area contributed by atoms with Crippen LogP contribution in [-0.4, -0.2) is 35.3 Å². The van der Waals surface area contributed by atoms with Crippen LogP contribution in [0.4, 0.5) is 4.39 Å². The number of nitrogens with one attached hydrogen (secondary N) is 1. The molecule has 1 aliphatic rings. The second-order valence-electron chi connectivity index (χ2n) is 6.99. The van der Waals surface area contributed by atoms with Gasteiger partial charge in [-0.25, -0.2) is 4.39 Å². The second kappa shape index (κ2) is 9.24. The van der Waals surface area contributed by atoms with Gasteiger partial charge in [0.1, 0.15) is 23.4 Å². The smallest absolute Gasteiger partial charge is 0.170 e. The van der Waals surface area contributed by atoms with Crippen LogP contribution in [0.3, 0.4) is 0 Å². The Morgan fingerprint density at radius 3 is 2.87 bits per heavy atom. The highest BCUT2D eigenvalue weighted by Gasteiger charge is 2.41. The van der Waals surface area contributed by atoms with E-state index in [1.165, 1.54) is 6.07 Å². The zero-order chi connectivity index (χ0) is 21.1. The lowest BCUT2D eigenvalue weighted by Gasteiger charge is -2.26. The molecule has 3 aromatic rings. The van der Waals surface area contributed by atoms with Crippen LogP contribution in [0.2, 0.25) is 0 Å². The Labute approximate surface area is 188 Å². The second-order valence-corrected chi connectivity index (χ2v) is 8.29. The molecule has 3 heterocycles. The van der Waals surface area contributed by atoms with Gasteiger partial charge in [-0.05, 0) is 61.1 Å². The highest BCUT2D eigenvalue weighted by atomic mass is 79.9. The van der Waals surface area contributed by atoms with E-state index in [4.69, 9.17) is 21.4 Å². The van der Waals surface area contributed by atoms with Crippen molar-refractivity contribution < 1.29 is 13.5 Å². The molecule has 0 aliphatic carbocycles. The minimum Gasteiger partial charge on any atom is -0.459 e. The van der Waals surface area contributed by atoms with E-state index in [0.717, 1.165) is 12.1 Å². The maximum absolute atomic E-state index is 14.5. The number of benzene rings is 1. The third kappa shape index (κ3) is 4.26.